The predicted octanol–water partition coefficient (Wildman–Crippen LogP) is 6.73. The fraction of sp³-hybridized carbons (Fsp3) is 0.410. The molecule has 270 valence electrons. The van der Waals surface area contributed by atoms with E-state index in [2.05, 4.69) is 14.5 Å². The van der Waals surface area contributed by atoms with E-state index in [1.807, 2.05) is 92.7 Å². The Kier molecular flexibility index (Phi) is 11.3. The number of hydrogen-bond acceptors (Lipinski definition) is 7. The number of aromatic nitrogens is 2. The third-order valence-corrected chi connectivity index (χ3v) is 9.80. The molecule has 51 heavy (non-hydrogen) atoms. The van der Waals surface area contributed by atoms with Gasteiger partial charge in [0.25, 0.3) is 5.82 Å². The Balaban J connectivity index is 1.28. The molecule has 10 nitrogen and oxygen atoms in total. The van der Waals surface area contributed by atoms with Gasteiger partial charge in [-0.25, -0.2) is 9.55 Å². The number of nitrogens with zero attached hydrogens (tertiary/aromatic N) is 3. The van der Waals surface area contributed by atoms with Crippen LogP contribution >= 0.6 is 23.2 Å². The SMILES string of the molecule is CC(=O)N1CCN(c2ccc(OCC(c3[nH]cc[n+]3Cc3ccc(OC(=O)C(C)(C)C)cc3)C3(c4ccc(Cl)cc4Cl)OCCCO3)cc2)CC1. The van der Waals surface area contributed by atoms with Gasteiger partial charge < -0.3 is 28.7 Å². The van der Waals surface area contributed by atoms with Gasteiger partial charge in [-0.3, -0.25) is 9.59 Å². The van der Waals surface area contributed by atoms with Crippen molar-refractivity contribution in [3.8, 4) is 11.5 Å². The predicted molar refractivity (Wildman–Crippen MR) is 195 cm³/mol. The van der Waals surface area contributed by atoms with Crippen LogP contribution < -0.4 is 18.9 Å². The summed E-state index contributed by atoms with van der Waals surface area (Å²) in [5, 5.41) is 0.944. The average Bonchev–Trinajstić information content (AvgIpc) is 3.56. The van der Waals surface area contributed by atoms with Crippen LogP contribution in [0.25, 0.3) is 0 Å². The highest BCUT2D eigenvalue weighted by Gasteiger charge is 2.51. The first-order valence-corrected chi connectivity index (χ1v) is 18.0. The Bertz CT molecular complexity index is 1810. The number of H-pyrrole nitrogens is 1. The Morgan fingerprint density at radius 3 is 2.24 bits per heavy atom. The lowest BCUT2D eigenvalue weighted by atomic mass is 9.89. The molecule has 0 spiro atoms. The summed E-state index contributed by atoms with van der Waals surface area (Å²) in [5.41, 5.74) is 2.13. The van der Waals surface area contributed by atoms with Crippen molar-refractivity contribution in [2.24, 2.45) is 5.41 Å². The van der Waals surface area contributed by atoms with Gasteiger partial charge in [0, 0.05) is 49.4 Å². The molecule has 2 saturated heterocycles. The van der Waals surface area contributed by atoms with Crippen LogP contribution in [0.4, 0.5) is 5.69 Å². The second-order valence-electron chi connectivity index (χ2n) is 13.9. The first kappa shape index (κ1) is 36.7. The summed E-state index contributed by atoms with van der Waals surface area (Å²) in [5.74, 6) is 0.0296. The van der Waals surface area contributed by atoms with E-state index in [4.69, 9.17) is 42.1 Å². The summed E-state index contributed by atoms with van der Waals surface area (Å²) in [7, 11) is 0. The van der Waals surface area contributed by atoms with Crippen molar-refractivity contribution in [1.29, 1.82) is 0 Å². The van der Waals surface area contributed by atoms with Crippen molar-refractivity contribution >= 4 is 40.8 Å². The minimum Gasteiger partial charge on any atom is -0.492 e. The number of imidazole rings is 1. The number of esters is 1. The number of nitrogens with one attached hydrogen (secondary N) is 1. The zero-order chi connectivity index (χ0) is 36.2. The molecule has 1 N–H and O–H groups in total. The molecule has 0 radical (unpaired) electrons. The minimum absolute atomic E-state index is 0.108. The van der Waals surface area contributed by atoms with E-state index in [0.29, 0.717) is 60.0 Å². The Hall–Kier alpha value is -4.09. The van der Waals surface area contributed by atoms with Crippen molar-refractivity contribution in [2.45, 2.75) is 52.4 Å². The number of ether oxygens (including phenoxy) is 4. The molecule has 6 rings (SSSR count). The average molecular weight is 737 g/mol. The molecular formula is C39H45Cl2N4O6+. The van der Waals surface area contributed by atoms with Crippen LogP contribution in [-0.4, -0.2) is 67.8 Å². The number of rotatable bonds is 10. The summed E-state index contributed by atoms with van der Waals surface area (Å²) >= 11 is 13.2. The first-order chi connectivity index (χ1) is 24.4. The number of anilines is 1. The summed E-state index contributed by atoms with van der Waals surface area (Å²) in [6.07, 6.45) is 4.58. The van der Waals surface area contributed by atoms with Gasteiger partial charge in [0.15, 0.2) is 5.92 Å². The van der Waals surface area contributed by atoms with Crippen LogP contribution in [0.3, 0.4) is 0 Å². The summed E-state index contributed by atoms with van der Waals surface area (Å²) in [6.45, 7) is 11.7. The molecule has 0 saturated carbocycles. The number of benzene rings is 3. The van der Waals surface area contributed by atoms with Gasteiger partial charge in [-0.05, 0) is 81.3 Å². The zero-order valence-corrected chi connectivity index (χ0v) is 31.0. The van der Waals surface area contributed by atoms with E-state index in [9.17, 15) is 9.59 Å². The van der Waals surface area contributed by atoms with Crippen LogP contribution in [0.2, 0.25) is 10.0 Å². The lowest BCUT2D eigenvalue weighted by Gasteiger charge is -2.41. The lowest BCUT2D eigenvalue weighted by Crippen LogP contribution is -2.50. The van der Waals surface area contributed by atoms with E-state index in [1.54, 1.807) is 19.1 Å². The normalized spacial score (nSPS) is 16.8. The van der Waals surface area contributed by atoms with E-state index in [0.717, 1.165) is 36.6 Å². The zero-order valence-electron chi connectivity index (χ0n) is 29.5. The molecule has 1 aromatic heterocycles. The smallest absolute Gasteiger partial charge is 0.316 e. The second kappa shape index (κ2) is 15.7. The molecule has 2 aliphatic heterocycles. The molecule has 0 aliphatic carbocycles. The maximum absolute atomic E-state index is 12.4. The molecule has 2 aliphatic rings. The van der Waals surface area contributed by atoms with Crippen molar-refractivity contribution in [1.82, 2.24) is 9.88 Å². The van der Waals surface area contributed by atoms with Crippen LogP contribution in [-0.2, 0) is 31.4 Å². The second-order valence-corrected chi connectivity index (χ2v) is 14.8. The van der Waals surface area contributed by atoms with Gasteiger partial charge in [0.1, 0.15) is 37.0 Å². The van der Waals surface area contributed by atoms with Crippen LogP contribution in [0.1, 0.15) is 57.0 Å². The van der Waals surface area contributed by atoms with Crippen LogP contribution in [0, 0.1) is 5.41 Å². The standard InChI is InChI=1S/C39H44Cl2N4O6/c1-27(46)43-18-20-44(21-19-43)30-9-13-31(14-10-30)48-26-34(39(49-22-5-23-50-39)33-15-8-29(40)24-35(33)41)36-42-16-17-45(36)25-28-6-11-32(12-7-28)51-37(47)38(2,3)4/h6-17,24,34H,5,18-23,25-26H2,1-4H3/p+1. The Morgan fingerprint density at radius 1 is 0.941 bits per heavy atom. The maximum atomic E-state index is 12.4. The lowest BCUT2D eigenvalue weighted by molar-refractivity contribution is -0.697. The summed E-state index contributed by atoms with van der Waals surface area (Å²) in [4.78, 5) is 31.8. The van der Waals surface area contributed by atoms with E-state index in [1.165, 1.54) is 0 Å². The maximum Gasteiger partial charge on any atom is 0.316 e. The Labute approximate surface area is 309 Å². The fourth-order valence-electron chi connectivity index (χ4n) is 6.38. The molecule has 2 fully saturated rings. The molecule has 3 heterocycles. The molecule has 1 atom stereocenters. The number of carbonyl (C=O) groups excluding carboxylic acids is 2. The first-order valence-electron chi connectivity index (χ1n) is 17.3. The molecule has 3 aromatic carbocycles. The van der Waals surface area contributed by atoms with Crippen molar-refractivity contribution in [2.75, 3.05) is 50.9 Å². The largest absolute Gasteiger partial charge is 0.492 e. The minimum atomic E-state index is -1.28. The summed E-state index contributed by atoms with van der Waals surface area (Å²) < 4.78 is 27.4. The molecule has 1 unspecified atom stereocenters. The number of amides is 1. The van der Waals surface area contributed by atoms with Gasteiger partial charge in [-0.1, -0.05) is 41.4 Å². The van der Waals surface area contributed by atoms with Crippen LogP contribution in [0.5, 0.6) is 11.5 Å². The molecule has 1 amide bonds. The van der Waals surface area contributed by atoms with Gasteiger partial charge >= 0.3 is 5.97 Å². The van der Waals surface area contributed by atoms with Gasteiger partial charge in [-0.2, -0.15) is 0 Å². The van der Waals surface area contributed by atoms with E-state index in [-0.39, 0.29) is 18.5 Å². The van der Waals surface area contributed by atoms with Crippen molar-refractivity contribution in [3.05, 3.63) is 106 Å². The van der Waals surface area contributed by atoms with Crippen molar-refractivity contribution < 1.29 is 33.1 Å². The third-order valence-electron chi connectivity index (χ3n) is 9.25. The number of halogens is 2. The number of carbonyl (C=O) groups is 2. The molecule has 12 heteroatoms. The number of piperazine rings is 1. The number of hydrogen-bond donors (Lipinski definition) is 1. The quantitative estimate of drug-likeness (QED) is 0.110. The van der Waals surface area contributed by atoms with Gasteiger partial charge in [0.2, 0.25) is 11.7 Å². The number of aromatic amines is 1. The molecular weight excluding hydrogens is 691 g/mol. The summed E-state index contributed by atoms with van der Waals surface area (Å²) in [6, 6.07) is 20.9. The highest BCUT2D eigenvalue weighted by atomic mass is 35.5. The Morgan fingerprint density at radius 2 is 1.61 bits per heavy atom. The fourth-order valence-corrected chi connectivity index (χ4v) is 6.92. The highest BCUT2D eigenvalue weighted by molar-refractivity contribution is 6.35. The molecule has 4 aromatic rings. The van der Waals surface area contributed by atoms with Gasteiger partial charge in [-0.15, -0.1) is 0 Å². The monoisotopic (exact) mass is 735 g/mol. The third kappa shape index (κ3) is 8.52. The van der Waals surface area contributed by atoms with Crippen LogP contribution in [0.15, 0.2) is 79.1 Å². The molecule has 0 bridgehead atoms. The van der Waals surface area contributed by atoms with E-state index >= 15 is 0 Å². The highest BCUT2D eigenvalue weighted by Crippen LogP contribution is 2.46. The topological polar surface area (TPSA) is 97.2 Å². The van der Waals surface area contributed by atoms with Gasteiger partial charge in [0.05, 0.1) is 23.7 Å². The van der Waals surface area contributed by atoms with E-state index < -0.39 is 17.1 Å². The van der Waals surface area contributed by atoms with Crippen molar-refractivity contribution in [3.63, 3.8) is 0 Å².